The van der Waals surface area contributed by atoms with Gasteiger partial charge in [-0.3, -0.25) is 0 Å². The van der Waals surface area contributed by atoms with Crippen LogP contribution >= 0.6 is 35.1 Å². The van der Waals surface area contributed by atoms with Crippen LogP contribution < -0.4 is 14.2 Å². The monoisotopic (exact) mass is 438 g/mol. The largest absolute Gasteiger partial charge is 0.493 e. The highest BCUT2D eigenvalue weighted by Gasteiger charge is 2.17. The van der Waals surface area contributed by atoms with Crippen molar-refractivity contribution in [1.82, 2.24) is 10.2 Å². The Kier molecular flexibility index (Phi) is 7.36. The summed E-state index contributed by atoms with van der Waals surface area (Å²) in [5.41, 5.74) is 0.699. The standard InChI is InChI=1S/C19H19ClN2O4S2/c1-23-15-10-12(11-16(24-2)17(15)25-3)18-21-22-19(26-18)28-9-8-27-14-6-4-13(20)5-7-14/h4-7,10-11H,8-9H2,1-3H3. The minimum atomic E-state index is 0.395. The van der Waals surface area contributed by atoms with Crippen molar-refractivity contribution in [1.29, 1.82) is 0 Å². The van der Waals surface area contributed by atoms with Crippen molar-refractivity contribution in [2.75, 3.05) is 32.8 Å². The molecule has 0 bridgehead atoms. The molecule has 0 amide bonds. The molecule has 6 nitrogen and oxygen atoms in total. The SMILES string of the molecule is COc1cc(-c2nnc(SCCSc3ccc(Cl)cc3)o2)cc(OC)c1OC. The van der Waals surface area contributed by atoms with E-state index in [9.17, 15) is 0 Å². The van der Waals surface area contributed by atoms with Crippen molar-refractivity contribution >= 4 is 35.1 Å². The van der Waals surface area contributed by atoms with Gasteiger partial charge in [-0.2, -0.15) is 0 Å². The summed E-state index contributed by atoms with van der Waals surface area (Å²) in [6.45, 7) is 0. The molecule has 1 heterocycles. The fraction of sp³-hybridized carbons (Fsp3) is 0.263. The zero-order valence-electron chi connectivity index (χ0n) is 15.6. The first-order valence-corrected chi connectivity index (χ1v) is 10.6. The third-order valence-corrected chi connectivity index (χ3v) is 6.05. The van der Waals surface area contributed by atoms with Crippen LogP contribution in [0.4, 0.5) is 0 Å². The lowest BCUT2D eigenvalue weighted by Crippen LogP contribution is -1.95. The number of nitrogens with zero attached hydrogens (tertiary/aromatic N) is 2. The zero-order valence-corrected chi connectivity index (χ0v) is 18.0. The predicted molar refractivity (Wildman–Crippen MR) is 112 cm³/mol. The fourth-order valence-corrected chi connectivity index (χ4v) is 4.18. The highest BCUT2D eigenvalue weighted by atomic mass is 35.5. The number of methoxy groups -OCH3 is 3. The van der Waals surface area contributed by atoms with E-state index < -0.39 is 0 Å². The Morgan fingerprint density at radius 3 is 2.14 bits per heavy atom. The Morgan fingerprint density at radius 2 is 1.54 bits per heavy atom. The van der Waals surface area contributed by atoms with E-state index in [1.54, 1.807) is 45.2 Å². The van der Waals surface area contributed by atoms with E-state index >= 15 is 0 Å². The first-order chi connectivity index (χ1) is 13.6. The number of halogens is 1. The van der Waals surface area contributed by atoms with Crippen molar-refractivity contribution in [3.63, 3.8) is 0 Å². The van der Waals surface area contributed by atoms with E-state index in [2.05, 4.69) is 10.2 Å². The molecule has 0 saturated carbocycles. The highest BCUT2D eigenvalue weighted by Crippen LogP contribution is 2.41. The third kappa shape index (κ3) is 5.06. The molecular weight excluding hydrogens is 420 g/mol. The van der Waals surface area contributed by atoms with Gasteiger partial charge in [0.15, 0.2) is 11.5 Å². The maximum absolute atomic E-state index is 5.90. The second kappa shape index (κ2) is 9.95. The van der Waals surface area contributed by atoms with E-state index in [-0.39, 0.29) is 0 Å². The molecule has 3 rings (SSSR count). The molecule has 0 atom stereocenters. The third-order valence-electron chi connectivity index (χ3n) is 3.71. The van der Waals surface area contributed by atoms with Gasteiger partial charge in [0.2, 0.25) is 11.6 Å². The Labute approximate surface area is 176 Å². The van der Waals surface area contributed by atoms with Crippen molar-refractivity contribution in [2.45, 2.75) is 10.1 Å². The maximum atomic E-state index is 5.90. The van der Waals surface area contributed by atoms with Crippen molar-refractivity contribution in [3.8, 4) is 28.7 Å². The van der Waals surface area contributed by atoms with Crippen LogP contribution in [0.5, 0.6) is 17.2 Å². The van der Waals surface area contributed by atoms with E-state index in [4.69, 9.17) is 30.2 Å². The van der Waals surface area contributed by atoms with Gasteiger partial charge in [-0.25, -0.2) is 0 Å². The van der Waals surface area contributed by atoms with Gasteiger partial charge >= 0.3 is 0 Å². The lowest BCUT2D eigenvalue weighted by Gasteiger charge is -2.12. The molecular formula is C19H19ClN2O4S2. The Balaban J connectivity index is 1.63. The van der Waals surface area contributed by atoms with Crippen LogP contribution in [0.15, 0.2) is 50.9 Å². The van der Waals surface area contributed by atoms with Gasteiger partial charge in [-0.1, -0.05) is 23.4 Å². The van der Waals surface area contributed by atoms with Gasteiger partial charge < -0.3 is 18.6 Å². The first kappa shape index (κ1) is 20.7. The molecule has 2 aromatic carbocycles. The molecule has 0 aliphatic rings. The molecule has 0 fully saturated rings. The molecule has 28 heavy (non-hydrogen) atoms. The van der Waals surface area contributed by atoms with E-state index in [0.717, 1.165) is 16.5 Å². The number of thioether (sulfide) groups is 2. The van der Waals surface area contributed by atoms with Gasteiger partial charge in [0, 0.05) is 27.0 Å². The zero-order chi connectivity index (χ0) is 19.9. The highest BCUT2D eigenvalue weighted by molar-refractivity contribution is 8.02. The summed E-state index contributed by atoms with van der Waals surface area (Å²) in [4.78, 5) is 1.17. The Hall–Kier alpha value is -2.03. The smallest absolute Gasteiger partial charge is 0.276 e. The summed E-state index contributed by atoms with van der Waals surface area (Å²) < 4.78 is 21.8. The molecule has 0 unspecified atom stereocenters. The quantitative estimate of drug-likeness (QED) is 0.329. The number of hydrogen-bond acceptors (Lipinski definition) is 8. The van der Waals surface area contributed by atoms with Crippen LogP contribution in [0.25, 0.3) is 11.5 Å². The Bertz CT molecular complexity index is 894. The first-order valence-electron chi connectivity index (χ1n) is 8.29. The fourth-order valence-electron chi connectivity index (χ4n) is 2.41. The molecule has 3 aromatic rings. The van der Waals surface area contributed by atoms with Crippen LogP contribution in [0, 0.1) is 0 Å². The summed E-state index contributed by atoms with van der Waals surface area (Å²) >= 11 is 9.16. The van der Waals surface area contributed by atoms with Gasteiger partial charge in [-0.15, -0.1) is 22.0 Å². The summed E-state index contributed by atoms with van der Waals surface area (Å²) in [5.74, 6) is 3.72. The van der Waals surface area contributed by atoms with Crippen LogP contribution in [0.3, 0.4) is 0 Å². The average Bonchev–Trinajstić information content (AvgIpc) is 3.20. The number of aromatic nitrogens is 2. The van der Waals surface area contributed by atoms with Crippen LogP contribution in [-0.4, -0.2) is 43.0 Å². The summed E-state index contributed by atoms with van der Waals surface area (Å²) in [6.07, 6.45) is 0. The Morgan fingerprint density at radius 1 is 0.893 bits per heavy atom. The summed E-state index contributed by atoms with van der Waals surface area (Å²) in [6, 6.07) is 11.3. The van der Waals surface area contributed by atoms with Gasteiger partial charge in [0.1, 0.15) is 0 Å². The lowest BCUT2D eigenvalue weighted by molar-refractivity contribution is 0.324. The normalized spacial score (nSPS) is 10.7. The molecule has 0 N–H and O–H groups in total. The molecule has 0 aliphatic carbocycles. The number of hydrogen-bond donors (Lipinski definition) is 0. The molecule has 1 aromatic heterocycles. The van der Waals surface area contributed by atoms with Crippen LogP contribution in [-0.2, 0) is 0 Å². The molecule has 0 radical (unpaired) electrons. The van der Waals surface area contributed by atoms with E-state index in [1.807, 2.05) is 24.3 Å². The van der Waals surface area contributed by atoms with Gasteiger partial charge in [0.25, 0.3) is 5.22 Å². The lowest BCUT2D eigenvalue weighted by atomic mass is 10.2. The van der Waals surface area contributed by atoms with Crippen molar-refractivity contribution < 1.29 is 18.6 Å². The minimum absolute atomic E-state index is 0.395. The predicted octanol–water partition coefficient (Wildman–Crippen LogP) is 5.30. The summed E-state index contributed by atoms with van der Waals surface area (Å²) in [5, 5.41) is 9.49. The van der Waals surface area contributed by atoms with Gasteiger partial charge in [0.05, 0.1) is 21.3 Å². The minimum Gasteiger partial charge on any atom is -0.493 e. The van der Waals surface area contributed by atoms with Crippen molar-refractivity contribution in [3.05, 3.63) is 41.4 Å². The molecule has 9 heteroatoms. The average molecular weight is 439 g/mol. The summed E-state index contributed by atoms with van der Waals surface area (Å²) in [7, 11) is 4.69. The topological polar surface area (TPSA) is 66.6 Å². The van der Waals surface area contributed by atoms with E-state index in [1.165, 1.54) is 16.7 Å². The van der Waals surface area contributed by atoms with Gasteiger partial charge in [-0.05, 0) is 36.4 Å². The van der Waals surface area contributed by atoms with Crippen LogP contribution in [0.2, 0.25) is 5.02 Å². The number of ether oxygens (including phenoxy) is 3. The molecule has 148 valence electrons. The second-order valence-corrected chi connectivity index (χ2v) is 8.09. The number of benzene rings is 2. The second-order valence-electron chi connectivity index (χ2n) is 5.44. The van der Waals surface area contributed by atoms with Crippen LogP contribution in [0.1, 0.15) is 0 Å². The number of rotatable bonds is 9. The molecule has 0 saturated heterocycles. The maximum Gasteiger partial charge on any atom is 0.276 e. The molecule has 0 spiro atoms. The van der Waals surface area contributed by atoms with E-state index in [0.29, 0.717) is 33.9 Å². The van der Waals surface area contributed by atoms with Crippen molar-refractivity contribution in [2.24, 2.45) is 0 Å². The molecule has 0 aliphatic heterocycles.